The Morgan fingerprint density at radius 1 is 1.47 bits per heavy atom. The van der Waals surface area contributed by atoms with Gasteiger partial charge in [0.2, 0.25) is 5.91 Å². The van der Waals surface area contributed by atoms with Crippen molar-refractivity contribution < 1.29 is 18.0 Å². The molecular formula is C11H15F3N2O. The number of alkyl halides is 3. The standard InChI is InChI=1S/C11H15F3N2O/c1-16(6-5-15)10(17)8-3-2-4-9(7-8)11(12,13)14/h8-9H,2-4,6-7H2,1H3. The van der Waals surface area contributed by atoms with E-state index in [0.29, 0.717) is 12.8 Å². The molecular weight excluding hydrogens is 233 g/mol. The Kier molecular flexibility index (Phi) is 4.38. The number of amides is 1. The average molecular weight is 248 g/mol. The maximum Gasteiger partial charge on any atom is 0.391 e. The lowest BCUT2D eigenvalue weighted by molar-refractivity contribution is -0.187. The van der Waals surface area contributed by atoms with Gasteiger partial charge < -0.3 is 4.90 Å². The molecule has 1 saturated carbocycles. The highest BCUT2D eigenvalue weighted by Crippen LogP contribution is 2.40. The van der Waals surface area contributed by atoms with Crippen LogP contribution in [0.5, 0.6) is 0 Å². The Bertz CT molecular complexity index is 322. The first kappa shape index (κ1) is 13.8. The van der Waals surface area contributed by atoms with Crippen molar-refractivity contribution in [3.05, 3.63) is 0 Å². The average Bonchev–Trinajstić information content (AvgIpc) is 2.27. The first-order valence-corrected chi connectivity index (χ1v) is 5.55. The highest BCUT2D eigenvalue weighted by molar-refractivity contribution is 5.78. The molecule has 96 valence electrons. The third-order valence-corrected chi connectivity index (χ3v) is 3.17. The molecule has 0 heterocycles. The van der Waals surface area contributed by atoms with E-state index >= 15 is 0 Å². The second-order valence-electron chi connectivity index (χ2n) is 4.45. The molecule has 6 heteroatoms. The summed E-state index contributed by atoms with van der Waals surface area (Å²) in [6.45, 7) is -0.0774. The molecule has 0 spiro atoms. The van der Waals surface area contributed by atoms with Crippen LogP contribution in [0.4, 0.5) is 13.2 Å². The molecule has 0 aromatic heterocycles. The van der Waals surface area contributed by atoms with Gasteiger partial charge in [-0.25, -0.2) is 0 Å². The molecule has 1 aliphatic rings. The molecule has 2 unspecified atom stereocenters. The zero-order chi connectivity index (χ0) is 13.1. The number of halogens is 3. The Hall–Kier alpha value is -1.25. The molecule has 0 aliphatic heterocycles. The zero-order valence-corrected chi connectivity index (χ0v) is 9.63. The fourth-order valence-electron chi connectivity index (χ4n) is 2.21. The highest BCUT2D eigenvalue weighted by atomic mass is 19.4. The van der Waals surface area contributed by atoms with Crippen LogP contribution < -0.4 is 0 Å². The minimum Gasteiger partial charge on any atom is -0.332 e. The first-order valence-electron chi connectivity index (χ1n) is 5.55. The monoisotopic (exact) mass is 248 g/mol. The molecule has 3 nitrogen and oxygen atoms in total. The molecule has 0 saturated heterocycles. The third kappa shape index (κ3) is 3.62. The quantitative estimate of drug-likeness (QED) is 0.704. The molecule has 17 heavy (non-hydrogen) atoms. The first-order chi connectivity index (χ1) is 7.86. The van der Waals surface area contributed by atoms with E-state index in [2.05, 4.69) is 0 Å². The van der Waals surface area contributed by atoms with Crippen LogP contribution in [0.15, 0.2) is 0 Å². The molecule has 1 aliphatic carbocycles. The topological polar surface area (TPSA) is 44.1 Å². The predicted molar refractivity (Wildman–Crippen MR) is 54.8 cm³/mol. The summed E-state index contributed by atoms with van der Waals surface area (Å²) in [6.07, 6.45) is -3.34. The van der Waals surface area contributed by atoms with Gasteiger partial charge in [-0.15, -0.1) is 0 Å². The molecule has 1 fully saturated rings. The number of nitrogens with zero attached hydrogens (tertiary/aromatic N) is 2. The molecule has 0 aromatic carbocycles. The van der Waals surface area contributed by atoms with Crippen LogP contribution in [0.25, 0.3) is 0 Å². The normalized spacial score (nSPS) is 25.1. The fourth-order valence-corrected chi connectivity index (χ4v) is 2.21. The molecule has 2 atom stereocenters. The van der Waals surface area contributed by atoms with Crippen molar-refractivity contribution in [1.29, 1.82) is 5.26 Å². The number of hydrogen-bond donors (Lipinski definition) is 0. The summed E-state index contributed by atoms with van der Waals surface area (Å²) in [4.78, 5) is 13.0. The Balaban J connectivity index is 2.61. The van der Waals surface area contributed by atoms with Crippen molar-refractivity contribution in [2.24, 2.45) is 11.8 Å². The van der Waals surface area contributed by atoms with E-state index in [1.165, 1.54) is 11.9 Å². The second kappa shape index (κ2) is 5.39. The molecule has 1 amide bonds. The number of carbonyl (C=O) groups excluding carboxylic acids is 1. The summed E-state index contributed by atoms with van der Waals surface area (Å²) < 4.78 is 37.6. The van der Waals surface area contributed by atoms with E-state index in [1.807, 2.05) is 6.07 Å². The maximum atomic E-state index is 12.5. The van der Waals surface area contributed by atoms with Crippen molar-refractivity contribution in [2.45, 2.75) is 31.9 Å². The molecule has 1 rings (SSSR count). The van der Waals surface area contributed by atoms with Crippen LogP contribution in [0, 0.1) is 23.2 Å². The van der Waals surface area contributed by atoms with E-state index in [1.54, 1.807) is 0 Å². The largest absolute Gasteiger partial charge is 0.391 e. The van der Waals surface area contributed by atoms with E-state index in [0.717, 1.165) is 0 Å². The zero-order valence-electron chi connectivity index (χ0n) is 9.63. The third-order valence-electron chi connectivity index (χ3n) is 3.17. The second-order valence-corrected chi connectivity index (χ2v) is 4.45. The van der Waals surface area contributed by atoms with Crippen LogP contribution >= 0.6 is 0 Å². The van der Waals surface area contributed by atoms with E-state index in [9.17, 15) is 18.0 Å². The lowest BCUT2D eigenvalue weighted by Crippen LogP contribution is -2.38. The van der Waals surface area contributed by atoms with Crippen molar-refractivity contribution in [2.75, 3.05) is 13.6 Å². The summed E-state index contributed by atoms with van der Waals surface area (Å²) in [5.41, 5.74) is 0. The summed E-state index contributed by atoms with van der Waals surface area (Å²) in [6, 6.07) is 1.81. The van der Waals surface area contributed by atoms with E-state index in [4.69, 9.17) is 5.26 Å². The molecule has 0 radical (unpaired) electrons. The number of hydrogen-bond acceptors (Lipinski definition) is 2. The van der Waals surface area contributed by atoms with Gasteiger partial charge in [-0.2, -0.15) is 18.4 Å². The van der Waals surface area contributed by atoms with Crippen molar-refractivity contribution in [3.63, 3.8) is 0 Å². The van der Waals surface area contributed by atoms with Gasteiger partial charge in [0.25, 0.3) is 0 Å². The molecule has 0 N–H and O–H groups in total. The summed E-state index contributed by atoms with van der Waals surface area (Å²) in [7, 11) is 1.45. The lowest BCUT2D eigenvalue weighted by Gasteiger charge is -2.31. The van der Waals surface area contributed by atoms with E-state index in [-0.39, 0.29) is 25.3 Å². The van der Waals surface area contributed by atoms with Crippen LogP contribution in [-0.2, 0) is 4.79 Å². The van der Waals surface area contributed by atoms with Crippen molar-refractivity contribution >= 4 is 5.91 Å². The van der Waals surface area contributed by atoms with Gasteiger partial charge in [-0.3, -0.25) is 4.79 Å². The van der Waals surface area contributed by atoms with Gasteiger partial charge in [0.15, 0.2) is 0 Å². The highest BCUT2D eigenvalue weighted by Gasteiger charge is 2.43. The number of nitriles is 1. The van der Waals surface area contributed by atoms with E-state index < -0.39 is 18.0 Å². The van der Waals surface area contributed by atoms with Gasteiger partial charge in [0.05, 0.1) is 12.0 Å². The van der Waals surface area contributed by atoms with Gasteiger partial charge in [-0.05, 0) is 19.3 Å². The fraction of sp³-hybridized carbons (Fsp3) is 0.818. The Labute approximate surface area is 98.2 Å². The summed E-state index contributed by atoms with van der Waals surface area (Å²) >= 11 is 0. The SMILES string of the molecule is CN(CC#N)C(=O)C1CCCC(C(F)(F)F)C1. The number of carbonyl (C=O) groups is 1. The van der Waals surface area contributed by atoms with Gasteiger partial charge in [-0.1, -0.05) is 6.42 Å². The molecule has 0 aromatic rings. The number of rotatable bonds is 2. The van der Waals surface area contributed by atoms with Crippen molar-refractivity contribution in [3.8, 4) is 6.07 Å². The molecule has 0 bridgehead atoms. The van der Waals surface area contributed by atoms with Crippen LogP contribution in [0.3, 0.4) is 0 Å². The maximum absolute atomic E-state index is 12.5. The van der Waals surface area contributed by atoms with Crippen LogP contribution in [-0.4, -0.2) is 30.6 Å². The minimum absolute atomic E-state index is 0.0774. The van der Waals surface area contributed by atoms with Crippen molar-refractivity contribution in [1.82, 2.24) is 4.90 Å². The smallest absolute Gasteiger partial charge is 0.332 e. The van der Waals surface area contributed by atoms with Gasteiger partial charge in [0.1, 0.15) is 6.54 Å². The van der Waals surface area contributed by atoms with Gasteiger partial charge >= 0.3 is 6.18 Å². The van der Waals surface area contributed by atoms with Crippen LogP contribution in [0.1, 0.15) is 25.7 Å². The summed E-state index contributed by atoms with van der Waals surface area (Å²) in [5.74, 6) is -2.31. The van der Waals surface area contributed by atoms with Gasteiger partial charge in [0, 0.05) is 13.0 Å². The predicted octanol–water partition coefficient (Wildman–Crippen LogP) is 2.34. The van der Waals surface area contributed by atoms with Crippen LogP contribution in [0.2, 0.25) is 0 Å². The Morgan fingerprint density at radius 2 is 2.12 bits per heavy atom. The minimum atomic E-state index is -4.22. The lowest BCUT2D eigenvalue weighted by atomic mass is 9.80. The summed E-state index contributed by atoms with van der Waals surface area (Å²) in [5, 5.41) is 8.44. The Morgan fingerprint density at radius 3 is 2.65 bits per heavy atom.